The van der Waals surface area contributed by atoms with E-state index in [4.69, 9.17) is 9.05 Å². The van der Waals surface area contributed by atoms with Crippen molar-refractivity contribution in [1.29, 1.82) is 0 Å². The SMILES string of the molecule is CNc1cc(NC)c(C(=O)OP(=O)(Oc2ccccc2)C(=O)c2c(NC)cc(NC)cc2NC)c(NC)c1. The van der Waals surface area contributed by atoms with Gasteiger partial charge in [0.2, 0.25) is 0 Å². The molecule has 38 heavy (non-hydrogen) atoms. The van der Waals surface area contributed by atoms with Gasteiger partial charge < -0.3 is 40.9 Å². The molecular formula is C26H33N6O5P. The van der Waals surface area contributed by atoms with Crippen molar-refractivity contribution in [3.63, 3.8) is 0 Å². The van der Waals surface area contributed by atoms with Crippen LogP contribution in [-0.4, -0.2) is 53.8 Å². The van der Waals surface area contributed by atoms with Crippen molar-refractivity contribution in [1.82, 2.24) is 0 Å². The molecule has 3 aromatic carbocycles. The predicted octanol–water partition coefficient (Wildman–Crippen LogP) is 5.21. The summed E-state index contributed by atoms with van der Waals surface area (Å²) in [6.45, 7) is 0. The Morgan fingerprint density at radius 3 is 1.45 bits per heavy atom. The van der Waals surface area contributed by atoms with E-state index in [-0.39, 0.29) is 16.9 Å². The van der Waals surface area contributed by atoms with Gasteiger partial charge in [0.15, 0.2) is 0 Å². The minimum atomic E-state index is -4.82. The molecule has 1 unspecified atom stereocenters. The zero-order chi connectivity index (χ0) is 27.9. The van der Waals surface area contributed by atoms with Gasteiger partial charge in [0.25, 0.3) is 0 Å². The summed E-state index contributed by atoms with van der Waals surface area (Å²) in [6.07, 6.45) is 0. The fraction of sp³-hybridized carbons (Fsp3) is 0.231. The topological polar surface area (TPSA) is 142 Å². The first-order valence-electron chi connectivity index (χ1n) is 11.8. The zero-order valence-corrected chi connectivity index (χ0v) is 23.1. The van der Waals surface area contributed by atoms with Crippen LogP contribution in [0.15, 0.2) is 54.6 Å². The Kier molecular flexibility index (Phi) is 9.09. The molecule has 3 rings (SSSR count). The average molecular weight is 541 g/mol. The molecule has 6 N–H and O–H groups in total. The first kappa shape index (κ1) is 28.2. The molecule has 12 heteroatoms. The summed E-state index contributed by atoms with van der Waals surface area (Å²) in [5.41, 5.74) is 2.04. The van der Waals surface area contributed by atoms with Gasteiger partial charge in [-0.1, -0.05) is 18.2 Å². The first-order valence-corrected chi connectivity index (χ1v) is 13.4. The zero-order valence-electron chi connectivity index (χ0n) is 22.2. The van der Waals surface area contributed by atoms with Crippen LogP contribution in [0.2, 0.25) is 0 Å². The molecule has 202 valence electrons. The Bertz CT molecular complexity index is 1320. The van der Waals surface area contributed by atoms with E-state index in [1.54, 1.807) is 84.8 Å². The lowest BCUT2D eigenvalue weighted by molar-refractivity contribution is 0.0706. The predicted molar refractivity (Wildman–Crippen MR) is 155 cm³/mol. The van der Waals surface area contributed by atoms with Gasteiger partial charge in [0.05, 0.1) is 16.9 Å². The third-order valence-corrected chi connectivity index (χ3v) is 7.35. The van der Waals surface area contributed by atoms with Crippen molar-refractivity contribution in [2.75, 3.05) is 74.2 Å². The lowest BCUT2D eigenvalue weighted by Crippen LogP contribution is -2.18. The maximum absolute atomic E-state index is 14.3. The number of nitrogens with one attached hydrogen (secondary N) is 6. The second-order valence-electron chi connectivity index (χ2n) is 7.98. The number of hydrogen-bond donors (Lipinski definition) is 6. The molecule has 0 aliphatic carbocycles. The Hall–Kier alpha value is -4.37. The van der Waals surface area contributed by atoms with Gasteiger partial charge in [-0.25, -0.2) is 9.36 Å². The maximum Gasteiger partial charge on any atom is 0.505 e. The van der Waals surface area contributed by atoms with Crippen LogP contribution in [0.4, 0.5) is 34.1 Å². The molecule has 0 aliphatic rings. The number of rotatable bonds is 12. The average Bonchev–Trinajstić information content (AvgIpc) is 2.95. The van der Waals surface area contributed by atoms with Gasteiger partial charge in [-0.2, -0.15) is 0 Å². The molecule has 0 bridgehead atoms. The molecule has 0 saturated heterocycles. The number of para-hydroxylation sites is 1. The molecule has 11 nitrogen and oxygen atoms in total. The number of carbonyl (C=O) groups is 2. The van der Waals surface area contributed by atoms with Crippen molar-refractivity contribution in [2.24, 2.45) is 0 Å². The molecule has 0 radical (unpaired) electrons. The van der Waals surface area contributed by atoms with E-state index in [1.165, 1.54) is 12.1 Å². The van der Waals surface area contributed by atoms with Crippen LogP contribution in [-0.2, 0) is 9.09 Å². The monoisotopic (exact) mass is 540 g/mol. The minimum absolute atomic E-state index is 0.0225. The molecule has 0 spiro atoms. The normalized spacial score (nSPS) is 11.9. The van der Waals surface area contributed by atoms with Crippen LogP contribution in [0.1, 0.15) is 20.7 Å². The van der Waals surface area contributed by atoms with Crippen molar-refractivity contribution in [3.8, 4) is 5.75 Å². The van der Waals surface area contributed by atoms with E-state index >= 15 is 0 Å². The Balaban J connectivity index is 2.17. The molecule has 0 aromatic heterocycles. The summed E-state index contributed by atoms with van der Waals surface area (Å²) in [6, 6.07) is 14.8. The van der Waals surface area contributed by atoms with Crippen molar-refractivity contribution >= 4 is 53.2 Å². The van der Waals surface area contributed by atoms with Gasteiger partial charge >= 0.3 is 19.1 Å². The second kappa shape index (κ2) is 12.2. The van der Waals surface area contributed by atoms with E-state index in [1.807, 2.05) is 0 Å². The highest BCUT2D eigenvalue weighted by atomic mass is 31.2. The highest BCUT2D eigenvalue weighted by molar-refractivity contribution is 7.73. The van der Waals surface area contributed by atoms with Crippen molar-refractivity contribution < 1.29 is 23.2 Å². The number of anilines is 6. The van der Waals surface area contributed by atoms with E-state index in [2.05, 4.69) is 31.9 Å². The summed E-state index contributed by atoms with van der Waals surface area (Å²) < 4.78 is 25.6. The number of carbonyl (C=O) groups excluding carboxylic acids is 2. The first-order chi connectivity index (χ1) is 18.2. The fourth-order valence-electron chi connectivity index (χ4n) is 3.83. The van der Waals surface area contributed by atoms with Crippen LogP contribution in [0.25, 0.3) is 0 Å². The van der Waals surface area contributed by atoms with Crippen LogP contribution in [0.3, 0.4) is 0 Å². The van der Waals surface area contributed by atoms with Gasteiger partial charge in [0.1, 0.15) is 11.3 Å². The van der Waals surface area contributed by atoms with E-state index < -0.39 is 19.1 Å². The summed E-state index contributed by atoms with van der Waals surface area (Å²) in [7, 11) is 5.18. The quantitative estimate of drug-likeness (QED) is 0.169. The Morgan fingerprint density at radius 1 is 0.632 bits per heavy atom. The van der Waals surface area contributed by atoms with Crippen molar-refractivity contribution in [2.45, 2.75) is 0 Å². The third kappa shape index (κ3) is 5.78. The minimum Gasteiger partial charge on any atom is -0.411 e. The van der Waals surface area contributed by atoms with Gasteiger partial charge in [0, 0.05) is 65.0 Å². The van der Waals surface area contributed by atoms with E-state index in [0.29, 0.717) is 28.4 Å². The van der Waals surface area contributed by atoms with E-state index in [9.17, 15) is 14.2 Å². The van der Waals surface area contributed by atoms with Gasteiger partial charge in [-0.15, -0.1) is 0 Å². The largest absolute Gasteiger partial charge is 0.505 e. The molecule has 0 saturated carbocycles. The maximum atomic E-state index is 14.3. The molecule has 0 amide bonds. The highest BCUT2D eigenvalue weighted by Gasteiger charge is 2.44. The smallest absolute Gasteiger partial charge is 0.411 e. The fourth-order valence-corrected chi connectivity index (χ4v) is 5.25. The molecule has 0 fully saturated rings. The summed E-state index contributed by atoms with van der Waals surface area (Å²) in [5.74, 6) is -0.896. The Labute approximate surface area is 222 Å². The Morgan fingerprint density at radius 2 is 1.05 bits per heavy atom. The lowest BCUT2D eigenvalue weighted by Gasteiger charge is -2.22. The lowest BCUT2D eigenvalue weighted by atomic mass is 10.1. The van der Waals surface area contributed by atoms with Crippen LogP contribution in [0, 0.1) is 0 Å². The van der Waals surface area contributed by atoms with Crippen LogP contribution in [0.5, 0.6) is 5.75 Å². The van der Waals surface area contributed by atoms with Crippen LogP contribution < -0.4 is 36.4 Å². The van der Waals surface area contributed by atoms with Gasteiger partial charge in [-0.05, 0) is 36.4 Å². The molecule has 1 atom stereocenters. The highest BCUT2D eigenvalue weighted by Crippen LogP contribution is 2.54. The number of benzene rings is 3. The molecule has 3 aromatic rings. The molecular weight excluding hydrogens is 507 g/mol. The van der Waals surface area contributed by atoms with Crippen molar-refractivity contribution in [3.05, 3.63) is 65.7 Å². The molecule has 0 aliphatic heterocycles. The van der Waals surface area contributed by atoms with E-state index in [0.717, 1.165) is 5.69 Å². The summed E-state index contributed by atoms with van der Waals surface area (Å²) in [4.78, 5) is 27.6. The van der Waals surface area contributed by atoms with Gasteiger partial charge in [-0.3, -0.25) is 4.79 Å². The number of hydrogen-bond acceptors (Lipinski definition) is 11. The third-order valence-electron chi connectivity index (χ3n) is 5.77. The summed E-state index contributed by atoms with van der Waals surface area (Å²) >= 11 is 0. The molecule has 0 heterocycles. The second-order valence-corrected chi connectivity index (χ2v) is 9.74. The van der Waals surface area contributed by atoms with Crippen LogP contribution >= 0.6 is 7.60 Å². The summed E-state index contributed by atoms with van der Waals surface area (Å²) in [5, 5.41) is 17.8. The standard InChI is InChI=1S/C26H33N6O5P/c1-27-16-12-19(29-3)23(20(13-16)30-4)25(33)37-38(35,36-18-10-8-7-9-11-18)26(34)24-21(31-5)14-17(28-2)15-22(24)32-6/h7-15,27-32H,1-6H3.